The molecule has 1 aliphatic carbocycles. The van der Waals surface area contributed by atoms with Gasteiger partial charge in [-0.3, -0.25) is 4.79 Å². The first-order chi connectivity index (χ1) is 9.74. The SMILES string of the molecule is CSc1cc(C(=O)NC2CCCCCC2CO)ccn1. The highest BCUT2D eigenvalue weighted by Gasteiger charge is 2.24. The molecular weight excluding hydrogens is 272 g/mol. The van der Waals surface area contributed by atoms with Gasteiger partial charge in [-0.25, -0.2) is 4.98 Å². The smallest absolute Gasteiger partial charge is 0.251 e. The van der Waals surface area contributed by atoms with Gasteiger partial charge in [-0.2, -0.15) is 0 Å². The molecule has 0 spiro atoms. The van der Waals surface area contributed by atoms with Crippen LogP contribution in [0.5, 0.6) is 0 Å². The fourth-order valence-electron chi connectivity index (χ4n) is 2.71. The Balaban J connectivity index is 2.04. The molecule has 0 saturated heterocycles. The lowest BCUT2D eigenvalue weighted by molar-refractivity contribution is 0.0899. The lowest BCUT2D eigenvalue weighted by Gasteiger charge is -2.24. The van der Waals surface area contributed by atoms with Crippen LogP contribution in [-0.2, 0) is 0 Å². The van der Waals surface area contributed by atoms with Crippen molar-refractivity contribution in [2.45, 2.75) is 43.2 Å². The number of carbonyl (C=O) groups excluding carboxylic acids is 1. The van der Waals surface area contributed by atoms with Crippen LogP contribution in [0.2, 0.25) is 0 Å². The maximum Gasteiger partial charge on any atom is 0.251 e. The molecule has 2 atom stereocenters. The Morgan fingerprint density at radius 3 is 3.00 bits per heavy atom. The third-order valence-electron chi connectivity index (χ3n) is 3.92. The average Bonchev–Trinajstić information content (AvgIpc) is 2.72. The standard InChI is InChI=1S/C15H22N2O2S/c1-20-14-9-11(7-8-16-14)15(19)17-13-6-4-2-3-5-12(13)10-18/h7-9,12-13,18H,2-6,10H2,1H3,(H,17,19). The maximum atomic E-state index is 12.3. The molecule has 0 aliphatic heterocycles. The van der Waals surface area contributed by atoms with Gasteiger partial charge in [0.2, 0.25) is 0 Å². The van der Waals surface area contributed by atoms with Crippen molar-refractivity contribution in [1.29, 1.82) is 0 Å². The predicted molar refractivity (Wildman–Crippen MR) is 80.9 cm³/mol. The number of hydrogen-bond acceptors (Lipinski definition) is 4. The zero-order chi connectivity index (χ0) is 14.4. The normalized spacial score (nSPS) is 23.1. The number of amides is 1. The van der Waals surface area contributed by atoms with Gasteiger partial charge in [0.15, 0.2) is 0 Å². The number of rotatable bonds is 4. The van der Waals surface area contributed by atoms with Crippen molar-refractivity contribution in [3.05, 3.63) is 23.9 Å². The molecule has 1 heterocycles. The van der Waals surface area contributed by atoms with Crippen LogP contribution in [-0.4, -0.2) is 34.9 Å². The molecule has 0 bridgehead atoms. The highest BCUT2D eigenvalue weighted by Crippen LogP contribution is 2.23. The Labute approximate surface area is 124 Å². The van der Waals surface area contributed by atoms with E-state index in [0.29, 0.717) is 5.56 Å². The minimum Gasteiger partial charge on any atom is -0.396 e. The third kappa shape index (κ3) is 3.96. The van der Waals surface area contributed by atoms with E-state index >= 15 is 0 Å². The summed E-state index contributed by atoms with van der Waals surface area (Å²) in [4.78, 5) is 16.5. The third-order valence-corrected chi connectivity index (χ3v) is 4.56. The zero-order valence-electron chi connectivity index (χ0n) is 11.8. The number of aromatic nitrogens is 1. The van der Waals surface area contributed by atoms with Crippen LogP contribution in [0, 0.1) is 5.92 Å². The van der Waals surface area contributed by atoms with E-state index in [-0.39, 0.29) is 24.5 Å². The second-order valence-electron chi connectivity index (χ2n) is 5.25. The largest absolute Gasteiger partial charge is 0.396 e. The molecule has 1 aromatic heterocycles. The van der Waals surface area contributed by atoms with Crippen molar-refractivity contribution < 1.29 is 9.90 Å². The van der Waals surface area contributed by atoms with Gasteiger partial charge in [0, 0.05) is 30.3 Å². The van der Waals surface area contributed by atoms with E-state index in [0.717, 1.165) is 30.7 Å². The van der Waals surface area contributed by atoms with Crippen LogP contribution in [0.15, 0.2) is 23.4 Å². The summed E-state index contributed by atoms with van der Waals surface area (Å²) in [6.45, 7) is 0.150. The number of aliphatic hydroxyl groups excluding tert-OH is 1. The number of hydrogen-bond donors (Lipinski definition) is 2. The maximum absolute atomic E-state index is 12.3. The fourth-order valence-corrected chi connectivity index (χ4v) is 3.12. The van der Waals surface area contributed by atoms with Gasteiger partial charge in [0.1, 0.15) is 0 Å². The number of nitrogens with one attached hydrogen (secondary N) is 1. The quantitative estimate of drug-likeness (QED) is 0.661. The van der Waals surface area contributed by atoms with Crippen LogP contribution >= 0.6 is 11.8 Å². The minimum absolute atomic E-state index is 0.0620. The summed E-state index contributed by atoms with van der Waals surface area (Å²) < 4.78 is 0. The number of carbonyl (C=O) groups is 1. The van der Waals surface area contributed by atoms with Crippen LogP contribution in [0.3, 0.4) is 0 Å². The zero-order valence-corrected chi connectivity index (χ0v) is 12.7. The number of aliphatic hydroxyl groups is 1. The number of nitrogens with zero attached hydrogens (tertiary/aromatic N) is 1. The summed E-state index contributed by atoms with van der Waals surface area (Å²) in [5.41, 5.74) is 0.644. The molecular formula is C15H22N2O2S. The summed E-state index contributed by atoms with van der Waals surface area (Å²) in [5, 5.41) is 13.4. The molecule has 0 radical (unpaired) electrons. The highest BCUT2D eigenvalue weighted by atomic mass is 32.2. The molecule has 4 nitrogen and oxygen atoms in total. The van der Waals surface area contributed by atoms with Gasteiger partial charge in [-0.05, 0) is 31.2 Å². The van der Waals surface area contributed by atoms with Crippen molar-refractivity contribution in [3.8, 4) is 0 Å². The summed E-state index contributed by atoms with van der Waals surface area (Å²) in [6, 6.07) is 3.63. The van der Waals surface area contributed by atoms with E-state index in [1.165, 1.54) is 18.2 Å². The summed E-state index contributed by atoms with van der Waals surface area (Å²) >= 11 is 1.52. The molecule has 5 heteroatoms. The van der Waals surface area contributed by atoms with Crippen LogP contribution in [0.25, 0.3) is 0 Å². The molecule has 1 fully saturated rings. The molecule has 1 aromatic rings. The van der Waals surface area contributed by atoms with E-state index < -0.39 is 0 Å². The lowest BCUT2D eigenvalue weighted by atomic mass is 9.95. The molecule has 0 aromatic carbocycles. The monoisotopic (exact) mass is 294 g/mol. The van der Waals surface area contributed by atoms with Crippen LogP contribution < -0.4 is 5.32 Å². The van der Waals surface area contributed by atoms with Crippen molar-refractivity contribution in [1.82, 2.24) is 10.3 Å². The Bertz CT molecular complexity index is 453. The van der Waals surface area contributed by atoms with E-state index in [1.54, 1.807) is 12.3 Å². The topological polar surface area (TPSA) is 62.2 Å². The van der Waals surface area contributed by atoms with Gasteiger partial charge in [-0.15, -0.1) is 11.8 Å². The summed E-state index contributed by atoms with van der Waals surface area (Å²) in [6.07, 6.45) is 9.01. The Hall–Kier alpha value is -1.07. The first-order valence-corrected chi connectivity index (χ1v) is 8.39. The first kappa shape index (κ1) is 15.3. The molecule has 2 N–H and O–H groups in total. The van der Waals surface area contributed by atoms with Crippen molar-refractivity contribution in [3.63, 3.8) is 0 Å². The molecule has 1 saturated carbocycles. The second-order valence-corrected chi connectivity index (χ2v) is 6.07. The first-order valence-electron chi connectivity index (χ1n) is 7.16. The summed E-state index contributed by atoms with van der Waals surface area (Å²) in [7, 11) is 0. The second kappa shape index (κ2) is 7.64. The van der Waals surface area contributed by atoms with Crippen molar-refractivity contribution >= 4 is 17.7 Å². The minimum atomic E-state index is -0.0620. The Morgan fingerprint density at radius 1 is 1.45 bits per heavy atom. The summed E-state index contributed by atoms with van der Waals surface area (Å²) in [5.74, 6) is 0.122. The highest BCUT2D eigenvalue weighted by molar-refractivity contribution is 7.98. The van der Waals surface area contributed by atoms with Crippen molar-refractivity contribution in [2.75, 3.05) is 12.9 Å². The van der Waals surface area contributed by atoms with Gasteiger partial charge < -0.3 is 10.4 Å². The molecule has 20 heavy (non-hydrogen) atoms. The van der Waals surface area contributed by atoms with Gasteiger partial charge >= 0.3 is 0 Å². The number of pyridine rings is 1. The lowest BCUT2D eigenvalue weighted by Crippen LogP contribution is -2.41. The number of thioether (sulfide) groups is 1. The van der Waals surface area contributed by atoms with Gasteiger partial charge in [0.05, 0.1) is 5.03 Å². The molecule has 110 valence electrons. The Kier molecular flexibility index (Phi) is 5.86. The van der Waals surface area contributed by atoms with Gasteiger partial charge in [0.25, 0.3) is 5.91 Å². The van der Waals surface area contributed by atoms with E-state index in [4.69, 9.17) is 0 Å². The fraction of sp³-hybridized carbons (Fsp3) is 0.600. The average molecular weight is 294 g/mol. The van der Waals surface area contributed by atoms with E-state index in [9.17, 15) is 9.90 Å². The van der Waals surface area contributed by atoms with Crippen LogP contribution in [0.4, 0.5) is 0 Å². The Morgan fingerprint density at radius 2 is 2.25 bits per heavy atom. The van der Waals surface area contributed by atoms with E-state index in [1.807, 2.05) is 12.3 Å². The molecule has 1 aliphatic rings. The molecule has 2 unspecified atom stereocenters. The van der Waals surface area contributed by atoms with Crippen LogP contribution in [0.1, 0.15) is 42.5 Å². The molecule has 2 rings (SSSR count). The van der Waals surface area contributed by atoms with Gasteiger partial charge in [-0.1, -0.05) is 19.3 Å². The molecule has 1 amide bonds. The van der Waals surface area contributed by atoms with E-state index in [2.05, 4.69) is 10.3 Å². The predicted octanol–water partition coefficient (Wildman–Crippen LogP) is 2.47. The van der Waals surface area contributed by atoms with Crippen molar-refractivity contribution in [2.24, 2.45) is 5.92 Å².